The lowest BCUT2D eigenvalue weighted by Gasteiger charge is -2.15. The lowest BCUT2D eigenvalue weighted by Crippen LogP contribution is -2.24. The van der Waals surface area contributed by atoms with E-state index in [1.54, 1.807) is 44.2 Å². The van der Waals surface area contributed by atoms with Crippen molar-refractivity contribution in [3.63, 3.8) is 0 Å². The zero-order chi connectivity index (χ0) is 15.4. The number of carbonyl (C=O) groups is 1. The second-order valence-electron chi connectivity index (χ2n) is 4.70. The van der Waals surface area contributed by atoms with Crippen LogP contribution in [0.15, 0.2) is 48.5 Å². The Kier molecular flexibility index (Phi) is 4.33. The minimum atomic E-state index is -0.715. The maximum Gasteiger partial charge on any atom is 0.273 e. The van der Waals surface area contributed by atoms with Gasteiger partial charge in [0, 0.05) is 11.6 Å². The van der Waals surface area contributed by atoms with Gasteiger partial charge in [0.05, 0.1) is 11.0 Å². The van der Waals surface area contributed by atoms with Crippen molar-refractivity contribution >= 4 is 11.5 Å². The quantitative estimate of drug-likeness (QED) is 0.478. The number of ketones is 1. The molecule has 2 aromatic rings. The lowest BCUT2D eigenvalue weighted by molar-refractivity contribution is -0.385. The van der Waals surface area contributed by atoms with Crippen molar-refractivity contribution in [2.75, 3.05) is 0 Å². The predicted octanol–water partition coefficient (Wildman–Crippen LogP) is 3.55. The SMILES string of the molecule is Cc1ccc([N+](=O)[O-])cc1OC(C)C(=O)c1ccccc1. The van der Waals surface area contributed by atoms with Gasteiger partial charge in [-0.2, -0.15) is 0 Å². The number of aryl methyl sites for hydroxylation is 1. The van der Waals surface area contributed by atoms with E-state index in [4.69, 9.17) is 4.74 Å². The summed E-state index contributed by atoms with van der Waals surface area (Å²) in [7, 11) is 0. The number of hydrogen-bond donors (Lipinski definition) is 0. The summed E-state index contributed by atoms with van der Waals surface area (Å²) in [5.41, 5.74) is 1.23. The van der Waals surface area contributed by atoms with Crippen LogP contribution in [0.1, 0.15) is 22.8 Å². The molecule has 2 rings (SSSR count). The van der Waals surface area contributed by atoms with Crippen LogP contribution in [0.4, 0.5) is 5.69 Å². The van der Waals surface area contributed by atoms with Crippen LogP contribution in [-0.2, 0) is 0 Å². The van der Waals surface area contributed by atoms with Crippen molar-refractivity contribution in [2.45, 2.75) is 20.0 Å². The molecule has 0 heterocycles. The van der Waals surface area contributed by atoms with Gasteiger partial charge in [-0.15, -0.1) is 0 Å². The Bertz CT molecular complexity index is 667. The van der Waals surface area contributed by atoms with Crippen LogP contribution in [0.2, 0.25) is 0 Å². The molecular formula is C16H15NO4. The molecule has 1 atom stereocenters. The van der Waals surface area contributed by atoms with Gasteiger partial charge < -0.3 is 4.74 Å². The largest absolute Gasteiger partial charge is 0.482 e. The Morgan fingerprint density at radius 2 is 1.86 bits per heavy atom. The Morgan fingerprint density at radius 1 is 1.19 bits per heavy atom. The summed E-state index contributed by atoms with van der Waals surface area (Å²) in [5.74, 6) is 0.183. The van der Waals surface area contributed by atoms with Crippen molar-refractivity contribution in [1.29, 1.82) is 0 Å². The van der Waals surface area contributed by atoms with Gasteiger partial charge in [0.2, 0.25) is 5.78 Å². The molecule has 1 unspecified atom stereocenters. The van der Waals surface area contributed by atoms with Gasteiger partial charge in [-0.1, -0.05) is 30.3 Å². The highest BCUT2D eigenvalue weighted by Gasteiger charge is 2.19. The summed E-state index contributed by atoms with van der Waals surface area (Å²) < 4.78 is 5.60. The van der Waals surface area contributed by atoms with Crippen LogP contribution >= 0.6 is 0 Å². The Balaban J connectivity index is 2.19. The number of nitro groups is 1. The van der Waals surface area contributed by atoms with E-state index in [0.717, 1.165) is 5.56 Å². The normalized spacial score (nSPS) is 11.7. The van der Waals surface area contributed by atoms with Crippen molar-refractivity contribution in [3.8, 4) is 5.75 Å². The van der Waals surface area contributed by atoms with E-state index in [0.29, 0.717) is 11.3 Å². The molecule has 0 radical (unpaired) electrons. The van der Waals surface area contributed by atoms with E-state index in [-0.39, 0.29) is 11.5 Å². The Labute approximate surface area is 122 Å². The fourth-order valence-electron chi connectivity index (χ4n) is 1.91. The highest BCUT2D eigenvalue weighted by atomic mass is 16.6. The minimum Gasteiger partial charge on any atom is -0.482 e. The van der Waals surface area contributed by atoms with Crippen molar-refractivity contribution in [2.24, 2.45) is 0 Å². The molecular weight excluding hydrogens is 270 g/mol. The van der Waals surface area contributed by atoms with E-state index < -0.39 is 11.0 Å². The maximum atomic E-state index is 12.2. The van der Waals surface area contributed by atoms with Gasteiger partial charge >= 0.3 is 0 Å². The molecule has 0 aromatic heterocycles. The Morgan fingerprint density at radius 3 is 2.48 bits per heavy atom. The number of benzene rings is 2. The first-order valence-corrected chi connectivity index (χ1v) is 6.50. The molecule has 0 saturated heterocycles. The average molecular weight is 285 g/mol. The topological polar surface area (TPSA) is 69.4 Å². The molecule has 0 saturated carbocycles. The van der Waals surface area contributed by atoms with Gasteiger partial charge in [-0.3, -0.25) is 14.9 Å². The predicted molar refractivity (Wildman–Crippen MR) is 78.7 cm³/mol. The first-order chi connectivity index (χ1) is 9.99. The molecule has 2 aromatic carbocycles. The third-order valence-corrected chi connectivity index (χ3v) is 3.11. The van der Waals surface area contributed by atoms with E-state index in [1.165, 1.54) is 12.1 Å². The van der Waals surface area contributed by atoms with Crippen molar-refractivity contribution in [3.05, 3.63) is 69.8 Å². The third-order valence-electron chi connectivity index (χ3n) is 3.11. The summed E-state index contributed by atoms with van der Waals surface area (Å²) >= 11 is 0. The average Bonchev–Trinajstić information content (AvgIpc) is 2.49. The summed E-state index contributed by atoms with van der Waals surface area (Å²) in [5, 5.41) is 10.8. The van der Waals surface area contributed by atoms with E-state index in [9.17, 15) is 14.9 Å². The number of ether oxygens (including phenoxy) is 1. The fraction of sp³-hybridized carbons (Fsp3) is 0.188. The van der Waals surface area contributed by atoms with Crippen LogP contribution in [0.5, 0.6) is 5.75 Å². The number of Topliss-reactive ketones (excluding diaryl/α,β-unsaturated/α-hetero) is 1. The zero-order valence-corrected chi connectivity index (χ0v) is 11.8. The van der Waals surface area contributed by atoms with Crippen molar-refractivity contribution < 1.29 is 14.5 Å². The second-order valence-corrected chi connectivity index (χ2v) is 4.70. The van der Waals surface area contributed by atoms with Crippen LogP contribution < -0.4 is 4.74 Å². The zero-order valence-electron chi connectivity index (χ0n) is 11.8. The molecule has 0 bridgehead atoms. The van der Waals surface area contributed by atoms with Crippen LogP contribution in [-0.4, -0.2) is 16.8 Å². The molecule has 0 aliphatic heterocycles. The molecule has 0 aliphatic carbocycles. The summed E-state index contributed by atoms with van der Waals surface area (Å²) in [6.07, 6.45) is -0.715. The van der Waals surface area contributed by atoms with Crippen LogP contribution in [0, 0.1) is 17.0 Å². The molecule has 0 spiro atoms. The van der Waals surface area contributed by atoms with Gasteiger partial charge in [0.15, 0.2) is 6.10 Å². The van der Waals surface area contributed by atoms with E-state index >= 15 is 0 Å². The van der Waals surface area contributed by atoms with Gasteiger partial charge in [0.1, 0.15) is 5.75 Å². The number of nitro benzene ring substituents is 1. The second kappa shape index (κ2) is 6.17. The number of non-ortho nitro benzene ring substituents is 1. The molecule has 0 aliphatic rings. The molecule has 108 valence electrons. The number of carbonyl (C=O) groups excluding carboxylic acids is 1. The number of nitrogens with zero attached hydrogens (tertiary/aromatic N) is 1. The van der Waals surface area contributed by atoms with Crippen LogP contribution in [0.3, 0.4) is 0 Å². The minimum absolute atomic E-state index is 0.0602. The van der Waals surface area contributed by atoms with E-state index in [1.807, 2.05) is 6.07 Å². The monoisotopic (exact) mass is 285 g/mol. The molecule has 0 N–H and O–H groups in total. The standard InChI is InChI=1S/C16H15NO4/c1-11-8-9-14(17(19)20)10-15(11)21-12(2)16(18)13-6-4-3-5-7-13/h3-10,12H,1-2H3. The highest BCUT2D eigenvalue weighted by molar-refractivity contribution is 5.99. The fourth-order valence-corrected chi connectivity index (χ4v) is 1.91. The summed E-state index contributed by atoms with van der Waals surface area (Å²) in [6, 6.07) is 13.2. The molecule has 21 heavy (non-hydrogen) atoms. The van der Waals surface area contributed by atoms with E-state index in [2.05, 4.69) is 0 Å². The van der Waals surface area contributed by atoms with Gasteiger partial charge in [0.25, 0.3) is 5.69 Å². The maximum absolute atomic E-state index is 12.2. The first-order valence-electron chi connectivity index (χ1n) is 6.50. The molecule has 5 nitrogen and oxygen atoms in total. The first kappa shape index (κ1) is 14.7. The lowest BCUT2D eigenvalue weighted by atomic mass is 10.1. The van der Waals surface area contributed by atoms with Crippen molar-refractivity contribution in [1.82, 2.24) is 0 Å². The Hall–Kier alpha value is -2.69. The highest BCUT2D eigenvalue weighted by Crippen LogP contribution is 2.25. The van der Waals surface area contributed by atoms with Gasteiger partial charge in [-0.25, -0.2) is 0 Å². The molecule has 5 heteroatoms. The third kappa shape index (κ3) is 3.45. The van der Waals surface area contributed by atoms with Gasteiger partial charge in [-0.05, 0) is 25.5 Å². The number of rotatable bonds is 5. The smallest absolute Gasteiger partial charge is 0.273 e. The molecule has 0 fully saturated rings. The number of hydrogen-bond acceptors (Lipinski definition) is 4. The summed E-state index contributed by atoms with van der Waals surface area (Å²) in [4.78, 5) is 22.5. The van der Waals surface area contributed by atoms with Crippen LogP contribution in [0.25, 0.3) is 0 Å². The molecule has 0 amide bonds. The summed E-state index contributed by atoms with van der Waals surface area (Å²) in [6.45, 7) is 3.41.